The van der Waals surface area contributed by atoms with E-state index in [0.717, 1.165) is 6.26 Å². The Hall–Kier alpha value is -1.05. The van der Waals surface area contributed by atoms with Crippen LogP contribution in [0.15, 0.2) is 23.1 Å². The zero-order chi connectivity index (χ0) is 10.8. The molecular weight excluding hydrogens is 222 g/mol. The summed E-state index contributed by atoms with van der Waals surface area (Å²) in [5, 5.41) is 8.76. The van der Waals surface area contributed by atoms with Gasteiger partial charge in [-0.2, -0.15) is 5.26 Å². The zero-order valence-electron chi connectivity index (χ0n) is 7.49. The molecule has 0 aliphatic heterocycles. The summed E-state index contributed by atoms with van der Waals surface area (Å²) >= 11 is 5.80. The van der Waals surface area contributed by atoms with Crippen molar-refractivity contribution in [3.05, 3.63) is 28.8 Å². The number of halogens is 1. The molecular formula is C9H8ClNO2S. The van der Waals surface area contributed by atoms with Gasteiger partial charge in [-0.25, -0.2) is 8.42 Å². The Bertz CT molecular complexity index is 488. The van der Waals surface area contributed by atoms with Crippen molar-refractivity contribution in [2.45, 2.75) is 11.3 Å². The van der Waals surface area contributed by atoms with E-state index < -0.39 is 9.84 Å². The number of nitrogens with zero attached hydrogens (tertiary/aromatic N) is 1. The first-order valence-electron chi connectivity index (χ1n) is 3.80. The minimum atomic E-state index is -3.22. The third kappa shape index (κ3) is 2.47. The fourth-order valence-corrected chi connectivity index (χ4v) is 1.95. The molecule has 0 N–H and O–H groups in total. The summed E-state index contributed by atoms with van der Waals surface area (Å²) in [6, 6.07) is 6.32. The van der Waals surface area contributed by atoms with E-state index >= 15 is 0 Å². The second-order valence-corrected chi connectivity index (χ2v) is 5.28. The standard InChI is InChI=1S/C9H8ClNO2S/c1-14(12,13)8-3-2-7(4-5-11)9(10)6-8/h2-3,6H,4H2,1H3. The summed E-state index contributed by atoms with van der Waals surface area (Å²) in [6.07, 6.45) is 1.30. The van der Waals surface area contributed by atoms with Gasteiger partial charge in [0.25, 0.3) is 0 Å². The van der Waals surface area contributed by atoms with E-state index in [1.54, 1.807) is 6.07 Å². The van der Waals surface area contributed by atoms with Gasteiger partial charge in [-0.15, -0.1) is 0 Å². The zero-order valence-corrected chi connectivity index (χ0v) is 9.06. The van der Waals surface area contributed by atoms with E-state index in [2.05, 4.69) is 0 Å². The van der Waals surface area contributed by atoms with Crippen LogP contribution in [-0.2, 0) is 16.3 Å². The van der Waals surface area contributed by atoms with E-state index in [1.807, 2.05) is 6.07 Å². The van der Waals surface area contributed by atoms with E-state index in [-0.39, 0.29) is 11.3 Å². The minimum Gasteiger partial charge on any atom is -0.224 e. The number of benzene rings is 1. The SMILES string of the molecule is CS(=O)(=O)c1ccc(CC#N)c(Cl)c1. The van der Waals surface area contributed by atoms with Crippen molar-refractivity contribution in [2.24, 2.45) is 0 Å². The third-order valence-electron chi connectivity index (χ3n) is 1.72. The van der Waals surface area contributed by atoms with Gasteiger partial charge in [0.15, 0.2) is 9.84 Å². The monoisotopic (exact) mass is 229 g/mol. The first kappa shape index (κ1) is 11.0. The van der Waals surface area contributed by atoms with Crippen molar-refractivity contribution in [1.82, 2.24) is 0 Å². The van der Waals surface area contributed by atoms with E-state index in [0.29, 0.717) is 10.6 Å². The van der Waals surface area contributed by atoms with Gasteiger partial charge >= 0.3 is 0 Å². The lowest BCUT2D eigenvalue weighted by atomic mass is 10.2. The summed E-state index contributed by atoms with van der Waals surface area (Å²) < 4.78 is 22.3. The predicted molar refractivity (Wildman–Crippen MR) is 53.9 cm³/mol. The molecule has 0 atom stereocenters. The number of hydrogen-bond donors (Lipinski definition) is 0. The van der Waals surface area contributed by atoms with Gasteiger partial charge in [-0.1, -0.05) is 17.7 Å². The Labute approximate surface area is 87.8 Å². The number of hydrogen-bond acceptors (Lipinski definition) is 3. The van der Waals surface area contributed by atoms with Crippen LogP contribution in [0.3, 0.4) is 0 Å². The summed E-state index contributed by atoms with van der Waals surface area (Å²) in [4.78, 5) is 0.171. The molecule has 0 unspecified atom stereocenters. The van der Waals surface area contributed by atoms with Crippen LogP contribution in [0.1, 0.15) is 5.56 Å². The lowest BCUT2D eigenvalue weighted by molar-refractivity contribution is 0.602. The second-order valence-electron chi connectivity index (χ2n) is 2.86. The molecule has 0 amide bonds. The highest BCUT2D eigenvalue weighted by atomic mass is 35.5. The van der Waals surface area contributed by atoms with Crippen LogP contribution in [0.25, 0.3) is 0 Å². The average Bonchev–Trinajstić information content (AvgIpc) is 2.07. The van der Waals surface area contributed by atoms with Gasteiger partial charge in [0, 0.05) is 11.3 Å². The average molecular weight is 230 g/mol. The Morgan fingerprint density at radius 3 is 2.57 bits per heavy atom. The van der Waals surface area contributed by atoms with Crippen molar-refractivity contribution in [3.8, 4) is 6.07 Å². The van der Waals surface area contributed by atoms with Gasteiger partial charge in [0.05, 0.1) is 17.4 Å². The minimum absolute atomic E-state index is 0.171. The van der Waals surface area contributed by atoms with Gasteiger partial charge in [0.2, 0.25) is 0 Å². The van der Waals surface area contributed by atoms with Crippen LogP contribution in [0, 0.1) is 11.3 Å². The number of nitriles is 1. The van der Waals surface area contributed by atoms with Gasteiger partial charge in [0.1, 0.15) is 0 Å². The second kappa shape index (κ2) is 3.99. The van der Waals surface area contributed by atoms with Crippen LogP contribution in [0.5, 0.6) is 0 Å². The molecule has 14 heavy (non-hydrogen) atoms. The van der Waals surface area contributed by atoms with Crippen LogP contribution in [-0.4, -0.2) is 14.7 Å². The van der Waals surface area contributed by atoms with Crippen molar-refractivity contribution < 1.29 is 8.42 Å². The summed E-state index contributed by atoms with van der Waals surface area (Å²) in [5.74, 6) is 0. The normalized spacial score (nSPS) is 10.9. The summed E-state index contributed by atoms with van der Waals surface area (Å²) in [7, 11) is -3.22. The van der Waals surface area contributed by atoms with E-state index in [9.17, 15) is 8.42 Å². The molecule has 0 aliphatic carbocycles. The summed E-state index contributed by atoms with van der Waals surface area (Å²) in [5.41, 5.74) is 0.640. The fourth-order valence-electron chi connectivity index (χ4n) is 0.987. The molecule has 0 saturated heterocycles. The van der Waals surface area contributed by atoms with Crippen molar-refractivity contribution in [1.29, 1.82) is 5.26 Å². The van der Waals surface area contributed by atoms with Gasteiger partial charge in [-0.3, -0.25) is 0 Å². The molecule has 0 saturated carbocycles. The van der Waals surface area contributed by atoms with Gasteiger partial charge in [-0.05, 0) is 17.7 Å². The molecule has 1 rings (SSSR count). The van der Waals surface area contributed by atoms with Crippen LogP contribution in [0.4, 0.5) is 0 Å². The Morgan fingerprint density at radius 2 is 2.14 bits per heavy atom. The van der Waals surface area contributed by atoms with Gasteiger partial charge < -0.3 is 0 Å². The molecule has 0 fully saturated rings. The smallest absolute Gasteiger partial charge is 0.175 e. The van der Waals surface area contributed by atoms with Crippen molar-refractivity contribution >= 4 is 21.4 Å². The molecule has 1 aromatic rings. The molecule has 0 heterocycles. The van der Waals surface area contributed by atoms with Crippen molar-refractivity contribution in [2.75, 3.05) is 6.26 Å². The lowest BCUT2D eigenvalue weighted by Gasteiger charge is -2.02. The third-order valence-corrected chi connectivity index (χ3v) is 3.18. The molecule has 74 valence electrons. The molecule has 3 nitrogen and oxygen atoms in total. The molecule has 0 spiro atoms. The summed E-state index contributed by atoms with van der Waals surface area (Å²) in [6.45, 7) is 0. The Morgan fingerprint density at radius 1 is 1.50 bits per heavy atom. The van der Waals surface area contributed by atoms with Crippen molar-refractivity contribution in [3.63, 3.8) is 0 Å². The number of rotatable bonds is 2. The fraction of sp³-hybridized carbons (Fsp3) is 0.222. The largest absolute Gasteiger partial charge is 0.224 e. The highest BCUT2D eigenvalue weighted by molar-refractivity contribution is 7.90. The lowest BCUT2D eigenvalue weighted by Crippen LogP contribution is -1.97. The molecule has 0 aromatic heterocycles. The molecule has 0 bridgehead atoms. The highest BCUT2D eigenvalue weighted by Gasteiger charge is 2.09. The molecule has 0 radical (unpaired) electrons. The van der Waals surface area contributed by atoms with E-state index in [4.69, 9.17) is 16.9 Å². The maximum Gasteiger partial charge on any atom is 0.175 e. The molecule has 0 aliphatic rings. The first-order chi connectivity index (χ1) is 6.45. The predicted octanol–water partition coefficient (Wildman–Crippen LogP) is 1.81. The maximum atomic E-state index is 11.1. The van der Waals surface area contributed by atoms with Crippen LogP contribution >= 0.6 is 11.6 Å². The Balaban J connectivity index is 3.21. The van der Waals surface area contributed by atoms with Crippen LogP contribution in [0.2, 0.25) is 5.02 Å². The quantitative estimate of drug-likeness (QED) is 0.777. The number of sulfone groups is 1. The Kier molecular flexibility index (Phi) is 3.14. The first-order valence-corrected chi connectivity index (χ1v) is 6.07. The van der Waals surface area contributed by atoms with Crippen LogP contribution < -0.4 is 0 Å². The highest BCUT2D eigenvalue weighted by Crippen LogP contribution is 2.20. The molecule has 1 aromatic carbocycles. The molecule has 5 heteroatoms. The maximum absolute atomic E-state index is 11.1. The topological polar surface area (TPSA) is 57.9 Å². The van der Waals surface area contributed by atoms with E-state index in [1.165, 1.54) is 12.1 Å².